The summed E-state index contributed by atoms with van der Waals surface area (Å²) in [6, 6.07) is 0. The van der Waals surface area contributed by atoms with Crippen LogP contribution in [0, 0.1) is 0 Å². The average molecular weight is 408 g/mol. The molecule has 0 saturated carbocycles. The number of ether oxygens (including phenoxy) is 1. The Morgan fingerprint density at radius 3 is 1.75 bits per heavy atom. The summed E-state index contributed by atoms with van der Waals surface area (Å²) in [5.41, 5.74) is 0. The van der Waals surface area contributed by atoms with Gasteiger partial charge in [0.2, 0.25) is 5.91 Å². The van der Waals surface area contributed by atoms with Gasteiger partial charge in [0.05, 0.1) is 19.8 Å². The van der Waals surface area contributed by atoms with E-state index in [9.17, 15) is 30.0 Å². The number of unbranched alkanes of at least 4 members (excludes halogenated alkanes) is 7. The summed E-state index contributed by atoms with van der Waals surface area (Å²) in [6.07, 6.45) is 2.18. The maximum atomic E-state index is 11.7. The van der Waals surface area contributed by atoms with Crippen molar-refractivity contribution in [1.29, 1.82) is 0 Å². The van der Waals surface area contributed by atoms with E-state index in [0.717, 1.165) is 51.4 Å². The van der Waals surface area contributed by atoms with Gasteiger partial charge in [-0.1, -0.05) is 38.5 Å². The second kappa shape index (κ2) is 16.7. The number of aliphatic hydroxyl groups excluding tert-OH is 5. The first kappa shape index (κ1) is 26.7. The fourth-order valence-corrected chi connectivity index (χ4v) is 2.71. The highest BCUT2D eigenvalue weighted by atomic mass is 16.5. The molecule has 0 aliphatic carbocycles. The second-order valence-corrected chi connectivity index (χ2v) is 7.01. The lowest BCUT2D eigenvalue weighted by atomic mass is 10.0. The number of rotatable bonds is 17. The molecule has 0 aromatic rings. The Balaban J connectivity index is 3.61. The van der Waals surface area contributed by atoms with Gasteiger partial charge in [-0.05, 0) is 12.8 Å². The molecule has 3 unspecified atom stereocenters. The number of hydrogen-bond acceptors (Lipinski definition) is 8. The van der Waals surface area contributed by atoms with E-state index >= 15 is 0 Å². The van der Waals surface area contributed by atoms with Gasteiger partial charge in [0.25, 0.3) is 0 Å². The van der Waals surface area contributed by atoms with Gasteiger partial charge in [0.1, 0.15) is 18.3 Å². The standard InChI is InChI=1S/C19H37NO8/c1-28-17(25)11-9-7-5-3-2-4-6-8-10-16(24)20-12-14(22)18(26)19(27)15(23)13-21/h14-15,18-19,21-23,26-27H,2-13H2,1H3,(H,20,24)/t14?,15?,18?,19-/m1/s1. The van der Waals surface area contributed by atoms with Crippen LogP contribution in [0.1, 0.15) is 64.2 Å². The maximum absolute atomic E-state index is 11.7. The van der Waals surface area contributed by atoms with Crippen LogP contribution in [-0.4, -0.2) is 82.1 Å². The molecule has 0 radical (unpaired) electrons. The minimum atomic E-state index is -1.70. The van der Waals surface area contributed by atoms with Gasteiger partial charge in [-0.3, -0.25) is 9.59 Å². The number of esters is 1. The number of hydrogen-bond donors (Lipinski definition) is 6. The molecule has 28 heavy (non-hydrogen) atoms. The van der Waals surface area contributed by atoms with Gasteiger partial charge in [0.15, 0.2) is 0 Å². The number of methoxy groups -OCH3 is 1. The number of carbonyl (C=O) groups is 2. The average Bonchev–Trinajstić information content (AvgIpc) is 2.71. The molecule has 0 aromatic heterocycles. The van der Waals surface area contributed by atoms with Crippen LogP contribution < -0.4 is 5.32 Å². The van der Waals surface area contributed by atoms with Crippen molar-refractivity contribution >= 4 is 11.9 Å². The van der Waals surface area contributed by atoms with E-state index < -0.39 is 31.0 Å². The highest BCUT2D eigenvalue weighted by molar-refractivity contribution is 5.75. The number of carbonyl (C=O) groups excluding carboxylic acids is 2. The summed E-state index contributed by atoms with van der Waals surface area (Å²) in [4.78, 5) is 22.7. The van der Waals surface area contributed by atoms with Gasteiger partial charge < -0.3 is 35.6 Å². The fourth-order valence-electron chi connectivity index (χ4n) is 2.71. The fraction of sp³-hybridized carbons (Fsp3) is 0.895. The van der Waals surface area contributed by atoms with Crippen LogP contribution in [0.15, 0.2) is 0 Å². The number of amides is 1. The van der Waals surface area contributed by atoms with Crippen LogP contribution >= 0.6 is 0 Å². The first-order valence-corrected chi connectivity index (χ1v) is 10.00. The Kier molecular flexibility index (Phi) is 15.9. The molecule has 0 spiro atoms. The molecule has 0 aliphatic rings. The largest absolute Gasteiger partial charge is 0.469 e. The molecule has 1 amide bonds. The maximum Gasteiger partial charge on any atom is 0.305 e. The second-order valence-electron chi connectivity index (χ2n) is 7.01. The predicted molar refractivity (Wildman–Crippen MR) is 102 cm³/mol. The Morgan fingerprint density at radius 2 is 1.25 bits per heavy atom. The van der Waals surface area contributed by atoms with Crippen molar-refractivity contribution in [1.82, 2.24) is 5.32 Å². The zero-order valence-electron chi connectivity index (χ0n) is 16.8. The molecule has 0 bridgehead atoms. The van der Waals surface area contributed by atoms with Crippen molar-refractivity contribution in [3.8, 4) is 0 Å². The van der Waals surface area contributed by atoms with Crippen LogP contribution in [-0.2, 0) is 14.3 Å². The molecule has 6 N–H and O–H groups in total. The number of aliphatic hydroxyl groups is 5. The molecular formula is C19H37NO8. The molecule has 0 aromatic carbocycles. The quantitative estimate of drug-likeness (QED) is 0.141. The topological polar surface area (TPSA) is 157 Å². The summed E-state index contributed by atoms with van der Waals surface area (Å²) in [5.74, 6) is -0.425. The van der Waals surface area contributed by atoms with E-state index in [1.54, 1.807) is 0 Å². The van der Waals surface area contributed by atoms with Crippen molar-refractivity contribution in [3.05, 3.63) is 0 Å². The summed E-state index contributed by atoms with van der Waals surface area (Å²) >= 11 is 0. The Bertz CT molecular complexity index is 421. The van der Waals surface area contributed by atoms with Crippen molar-refractivity contribution in [3.63, 3.8) is 0 Å². The first-order chi connectivity index (χ1) is 13.3. The molecule has 9 heteroatoms. The van der Waals surface area contributed by atoms with Gasteiger partial charge in [0, 0.05) is 19.4 Å². The minimum absolute atomic E-state index is 0.167. The molecule has 0 heterocycles. The third-order valence-electron chi connectivity index (χ3n) is 4.60. The van der Waals surface area contributed by atoms with Crippen molar-refractivity contribution in [2.45, 2.75) is 88.6 Å². The smallest absolute Gasteiger partial charge is 0.305 e. The van der Waals surface area contributed by atoms with Crippen LogP contribution in [0.25, 0.3) is 0 Å². The predicted octanol–water partition coefficient (Wildman–Crippen LogP) is -0.387. The van der Waals surface area contributed by atoms with Crippen LogP contribution in [0.3, 0.4) is 0 Å². The van der Waals surface area contributed by atoms with Crippen LogP contribution in [0.2, 0.25) is 0 Å². The van der Waals surface area contributed by atoms with E-state index in [1.165, 1.54) is 7.11 Å². The SMILES string of the molecule is COC(=O)CCCCCCCCCCC(=O)NCC(O)C(O)[C@H](O)C(O)CO. The summed E-state index contributed by atoms with van der Waals surface area (Å²) in [5, 5.41) is 49.3. The molecule has 0 aliphatic heterocycles. The normalized spacial score (nSPS) is 15.5. The molecule has 0 rings (SSSR count). The lowest BCUT2D eigenvalue weighted by Gasteiger charge is -2.25. The van der Waals surface area contributed by atoms with Gasteiger partial charge in [-0.2, -0.15) is 0 Å². The van der Waals surface area contributed by atoms with E-state index in [-0.39, 0.29) is 18.4 Å². The number of nitrogens with one attached hydrogen (secondary N) is 1. The van der Waals surface area contributed by atoms with E-state index in [0.29, 0.717) is 12.8 Å². The Hall–Kier alpha value is -1.26. The van der Waals surface area contributed by atoms with Crippen LogP contribution in [0.5, 0.6) is 0 Å². The van der Waals surface area contributed by atoms with Gasteiger partial charge >= 0.3 is 5.97 Å². The summed E-state index contributed by atoms with van der Waals surface area (Å²) in [6.45, 7) is -0.994. The molecule has 4 atom stereocenters. The van der Waals surface area contributed by atoms with E-state index in [2.05, 4.69) is 10.1 Å². The summed E-state index contributed by atoms with van der Waals surface area (Å²) < 4.78 is 4.58. The summed E-state index contributed by atoms with van der Waals surface area (Å²) in [7, 11) is 1.39. The highest BCUT2D eigenvalue weighted by Gasteiger charge is 2.30. The van der Waals surface area contributed by atoms with Gasteiger partial charge in [-0.15, -0.1) is 0 Å². The van der Waals surface area contributed by atoms with E-state index in [1.807, 2.05) is 0 Å². The van der Waals surface area contributed by atoms with Gasteiger partial charge in [-0.25, -0.2) is 0 Å². The third-order valence-corrected chi connectivity index (χ3v) is 4.60. The molecule has 0 fully saturated rings. The Morgan fingerprint density at radius 1 is 0.786 bits per heavy atom. The molecular weight excluding hydrogens is 370 g/mol. The molecule has 9 nitrogen and oxygen atoms in total. The zero-order valence-corrected chi connectivity index (χ0v) is 16.8. The zero-order chi connectivity index (χ0) is 21.4. The monoisotopic (exact) mass is 407 g/mol. The molecule has 0 saturated heterocycles. The third kappa shape index (κ3) is 13.0. The minimum Gasteiger partial charge on any atom is -0.469 e. The molecule has 166 valence electrons. The highest BCUT2D eigenvalue weighted by Crippen LogP contribution is 2.11. The van der Waals surface area contributed by atoms with Crippen molar-refractivity contribution in [2.75, 3.05) is 20.3 Å². The first-order valence-electron chi connectivity index (χ1n) is 10.00. The lowest BCUT2D eigenvalue weighted by Crippen LogP contribution is -2.49. The van der Waals surface area contributed by atoms with E-state index in [4.69, 9.17) is 5.11 Å². The lowest BCUT2D eigenvalue weighted by molar-refractivity contribution is -0.140. The Labute approximate surface area is 166 Å². The van der Waals surface area contributed by atoms with Crippen LogP contribution in [0.4, 0.5) is 0 Å². The van der Waals surface area contributed by atoms with Crippen molar-refractivity contribution < 1.29 is 39.9 Å². The van der Waals surface area contributed by atoms with Crippen molar-refractivity contribution in [2.24, 2.45) is 0 Å².